The molecule has 1 fully saturated rings. The van der Waals surface area contributed by atoms with Crippen molar-refractivity contribution in [3.05, 3.63) is 76.6 Å². The fraction of sp³-hybridized carbons (Fsp3) is 0.280. The van der Waals surface area contributed by atoms with E-state index in [1.165, 1.54) is 12.5 Å². The van der Waals surface area contributed by atoms with Crippen LogP contribution in [-0.4, -0.2) is 77.0 Å². The van der Waals surface area contributed by atoms with Gasteiger partial charge in [-0.1, -0.05) is 17.9 Å². The number of aromatic nitrogens is 6. The van der Waals surface area contributed by atoms with Crippen molar-refractivity contribution in [2.75, 3.05) is 13.7 Å². The van der Waals surface area contributed by atoms with Gasteiger partial charge in [0, 0.05) is 24.5 Å². The van der Waals surface area contributed by atoms with E-state index in [2.05, 4.69) is 32.4 Å². The van der Waals surface area contributed by atoms with Gasteiger partial charge in [-0.05, 0) is 34.7 Å². The Kier molecular flexibility index (Phi) is 7.18. The Morgan fingerprint density at radius 3 is 2.51 bits per heavy atom. The van der Waals surface area contributed by atoms with Gasteiger partial charge < -0.3 is 25.4 Å². The maximum absolute atomic E-state index is 13.8. The van der Waals surface area contributed by atoms with Crippen molar-refractivity contribution in [1.29, 1.82) is 0 Å². The molecule has 3 heterocycles. The molecule has 1 aliphatic heterocycles. The number of aliphatic hydroxyl groups is 3. The Morgan fingerprint density at radius 1 is 1.10 bits per heavy atom. The van der Waals surface area contributed by atoms with Crippen LogP contribution in [0.15, 0.2) is 42.9 Å². The largest absolute Gasteiger partial charge is 0.394 e. The second kappa shape index (κ2) is 10.6. The molecule has 0 aliphatic carbocycles. The van der Waals surface area contributed by atoms with Crippen LogP contribution in [0.1, 0.15) is 18.0 Å². The van der Waals surface area contributed by atoms with Crippen LogP contribution in [0.25, 0.3) is 29.7 Å². The van der Waals surface area contributed by atoms with E-state index in [0.29, 0.717) is 10.9 Å². The van der Waals surface area contributed by atoms with Crippen LogP contribution in [0, 0.1) is 17.5 Å². The van der Waals surface area contributed by atoms with Gasteiger partial charge in [-0.2, -0.15) is 0 Å². The number of rotatable bonds is 6. The molecule has 0 bridgehead atoms. The molecule has 0 saturated carbocycles. The standard InChI is InChI=1S/C25H24F3N7O4/c1-12-5-15(4-3-13(12)8-29-2)34-11-30-32-25(34)24-23(38)21(22(37)19(10-36)39-24)35-9-18(31-33-35)14-6-16(26)20(28)17(27)7-14/h3-9,11,19,21-24,29,36-38H,1,10H2,2H3/b13-8-/t19-,21+,22+,23-,24-/m1/s1. The molecule has 0 amide bonds. The smallest absolute Gasteiger partial charge is 0.194 e. The Balaban J connectivity index is 1.51. The molecule has 1 saturated heterocycles. The van der Waals surface area contributed by atoms with Gasteiger partial charge in [-0.3, -0.25) is 4.57 Å². The van der Waals surface area contributed by atoms with E-state index in [-0.39, 0.29) is 17.1 Å². The summed E-state index contributed by atoms with van der Waals surface area (Å²) in [6.07, 6.45) is -0.875. The summed E-state index contributed by atoms with van der Waals surface area (Å²) in [4.78, 5) is 0. The van der Waals surface area contributed by atoms with E-state index in [1.54, 1.807) is 29.9 Å². The summed E-state index contributed by atoms with van der Waals surface area (Å²) >= 11 is 0. The third kappa shape index (κ3) is 4.78. The maximum atomic E-state index is 13.8. The van der Waals surface area contributed by atoms with Gasteiger partial charge in [-0.25, -0.2) is 17.9 Å². The minimum Gasteiger partial charge on any atom is -0.394 e. The van der Waals surface area contributed by atoms with E-state index in [0.717, 1.165) is 22.0 Å². The lowest BCUT2D eigenvalue weighted by atomic mass is 9.92. The van der Waals surface area contributed by atoms with E-state index >= 15 is 0 Å². The van der Waals surface area contributed by atoms with Crippen molar-refractivity contribution in [1.82, 2.24) is 35.1 Å². The van der Waals surface area contributed by atoms with Crippen LogP contribution < -0.4 is 15.8 Å². The van der Waals surface area contributed by atoms with Crippen molar-refractivity contribution in [3.8, 4) is 16.9 Å². The SMILES string of the molecule is C=c1cc(-n2cnnc2[C@@H]2O[C@H](CO)[C@H](O)[C@H](n3cc(-c4cc(F)c(F)c(F)c4)nn3)[C@H]2O)cc/c1=C/NC. The summed E-state index contributed by atoms with van der Waals surface area (Å²) in [5.74, 6) is -4.27. The summed E-state index contributed by atoms with van der Waals surface area (Å²) in [5.41, 5.74) is 0.475. The number of hydrogen-bond acceptors (Lipinski definition) is 9. The summed E-state index contributed by atoms with van der Waals surface area (Å²) in [6.45, 7) is 3.43. The van der Waals surface area contributed by atoms with Crippen molar-refractivity contribution in [2.24, 2.45) is 0 Å². The summed E-state index contributed by atoms with van der Waals surface area (Å²) in [5, 5.41) is 52.5. The zero-order valence-corrected chi connectivity index (χ0v) is 20.5. The average molecular weight is 544 g/mol. The zero-order valence-electron chi connectivity index (χ0n) is 20.5. The number of aliphatic hydroxyl groups excluding tert-OH is 3. The quantitative estimate of drug-likeness (QED) is 0.241. The predicted octanol–water partition coefficient (Wildman–Crippen LogP) is -0.294. The number of nitrogens with one attached hydrogen (secondary N) is 1. The van der Waals surface area contributed by atoms with Gasteiger partial charge in [-0.15, -0.1) is 15.3 Å². The highest BCUT2D eigenvalue weighted by atomic mass is 19.2. The molecular weight excluding hydrogens is 519 g/mol. The Morgan fingerprint density at radius 2 is 1.85 bits per heavy atom. The fourth-order valence-electron chi connectivity index (χ4n) is 4.56. The lowest BCUT2D eigenvalue weighted by molar-refractivity contribution is -0.210. The number of hydrogen-bond donors (Lipinski definition) is 4. The molecule has 2 aromatic carbocycles. The van der Waals surface area contributed by atoms with E-state index in [9.17, 15) is 28.5 Å². The second-order valence-electron chi connectivity index (χ2n) is 8.96. The van der Waals surface area contributed by atoms with Crippen molar-refractivity contribution >= 4 is 12.8 Å². The summed E-state index contributed by atoms with van der Waals surface area (Å²) in [6, 6.07) is 5.69. The van der Waals surface area contributed by atoms with Gasteiger partial charge in [0.05, 0.1) is 12.8 Å². The Hall–Kier alpha value is -4.11. The normalized spacial score (nSPS) is 23.8. The molecule has 39 heavy (non-hydrogen) atoms. The number of halogens is 3. The maximum Gasteiger partial charge on any atom is 0.194 e. The van der Waals surface area contributed by atoms with Gasteiger partial charge in [0.2, 0.25) is 0 Å². The fourth-order valence-corrected chi connectivity index (χ4v) is 4.56. The summed E-state index contributed by atoms with van der Waals surface area (Å²) < 4.78 is 49.4. The third-order valence-corrected chi connectivity index (χ3v) is 6.52. The number of benzene rings is 2. The highest BCUT2D eigenvalue weighted by molar-refractivity contribution is 5.58. The molecule has 4 N–H and O–H groups in total. The molecule has 0 unspecified atom stereocenters. The van der Waals surface area contributed by atoms with Crippen molar-refractivity contribution < 1.29 is 33.2 Å². The molecule has 14 heteroatoms. The van der Waals surface area contributed by atoms with Crippen LogP contribution in [0.5, 0.6) is 0 Å². The van der Waals surface area contributed by atoms with Crippen LogP contribution in [0.2, 0.25) is 0 Å². The highest BCUT2D eigenvalue weighted by Gasteiger charge is 2.48. The van der Waals surface area contributed by atoms with Crippen LogP contribution >= 0.6 is 0 Å². The molecule has 0 radical (unpaired) electrons. The van der Waals surface area contributed by atoms with Gasteiger partial charge in [0.1, 0.15) is 42.5 Å². The molecule has 204 valence electrons. The highest BCUT2D eigenvalue weighted by Crippen LogP contribution is 2.38. The van der Waals surface area contributed by atoms with Crippen molar-refractivity contribution in [2.45, 2.75) is 30.5 Å². The molecule has 4 aromatic rings. The first-order valence-corrected chi connectivity index (χ1v) is 11.8. The van der Waals surface area contributed by atoms with Gasteiger partial charge in [0.25, 0.3) is 0 Å². The monoisotopic (exact) mass is 543 g/mol. The molecule has 5 atom stereocenters. The number of nitrogens with zero attached hydrogens (tertiary/aromatic N) is 6. The molecule has 1 aliphatic rings. The second-order valence-corrected chi connectivity index (χ2v) is 8.96. The van der Waals surface area contributed by atoms with Crippen LogP contribution in [-0.2, 0) is 4.74 Å². The first-order valence-electron chi connectivity index (χ1n) is 11.8. The first-order chi connectivity index (χ1) is 18.7. The van der Waals surface area contributed by atoms with Crippen molar-refractivity contribution in [3.63, 3.8) is 0 Å². The predicted molar refractivity (Wildman–Crippen MR) is 131 cm³/mol. The molecule has 5 rings (SSSR count). The minimum absolute atomic E-state index is 0.0413. The molecule has 11 nitrogen and oxygen atoms in total. The van der Waals surface area contributed by atoms with Gasteiger partial charge in [0.15, 0.2) is 23.3 Å². The molecule has 2 aromatic heterocycles. The van der Waals surface area contributed by atoms with Crippen LogP contribution in [0.3, 0.4) is 0 Å². The van der Waals surface area contributed by atoms with Crippen LogP contribution in [0.4, 0.5) is 13.2 Å². The van der Waals surface area contributed by atoms with Gasteiger partial charge >= 0.3 is 0 Å². The lowest BCUT2D eigenvalue weighted by Crippen LogP contribution is -2.53. The first kappa shape index (κ1) is 26.5. The Labute approximate surface area is 219 Å². The van der Waals surface area contributed by atoms with E-state index < -0.39 is 54.5 Å². The molecule has 0 spiro atoms. The minimum atomic E-state index is -1.63. The number of ether oxygens (including phenoxy) is 1. The molecular formula is C25H24F3N7O4. The lowest BCUT2D eigenvalue weighted by Gasteiger charge is -2.41. The Bertz CT molecular complexity index is 1590. The summed E-state index contributed by atoms with van der Waals surface area (Å²) in [7, 11) is 1.77. The zero-order chi connectivity index (χ0) is 27.8. The van der Waals surface area contributed by atoms with E-state index in [1.807, 2.05) is 6.07 Å². The topological polar surface area (TPSA) is 143 Å². The third-order valence-electron chi connectivity index (χ3n) is 6.52. The van der Waals surface area contributed by atoms with E-state index in [4.69, 9.17) is 4.74 Å². The average Bonchev–Trinajstić information content (AvgIpc) is 3.59.